The monoisotopic (exact) mass is 434 g/mol. The zero-order valence-electron chi connectivity index (χ0n) is 17.2. The summed E-state index contributed by atoms with van der Waals surface area (Å²) in [6, 6.07) is 6.27. The molecule has 0 aliphatic heterocycles. The Morgan fingerprint density at radius 2 is 1.87 bits per heavy atom. The molecule has 1 amide bonds. The van der Waals surface area contributed by atoms with Gasteiger partial charge in [0.2, 0.25) is 5.88 Å². The Morgan fingerprint density at radius 3 is 2.45 bits per heavy atom. The molecule has 5 nitrogen and oxygen atoms in total. The average molecular weight is 434 g/mol. The summed E-state index contributed by atoms with van der Waals surface area (Å²) in [5, 5.41) is 13.1. The van der Waals surface area contributed by atoms with E-state index < -0.39 is 23.2 Å². The summed E-state index contributed by atoms with van der Waals surface area (Å²) in [7, 11) is 0. The molecule has 31 heavy (non-hydrogen) atoms. The molecule has 2 N–H and O–H groups in total. The molecule has 1 atom stereocenters. The minimum absolute atomic E-state index is 0.117. The van der Waals surface area contributed by atoms with Gasteiger partial charge in [-0.1, -0.05) is 12.1 Å². The van der Waals surface area contributed by atoms with Crippen molar-refractivity contribution in [3.05, 3.63) is 47.7 Å². The molecule has 1 aromatic carbocycles. The summed E-state index contributed by atoms with van der Waals surface area (Å²) in [5.74, 6) is 0.533. The number of aliphatic hydroxyl groups is 1. The Balaban J connectivity index is 1.56. The van der Waals surface area contributed by atoms with E-state index >= 15 is 0 Å². The van der Waals surface area contributed by atoms with E-state index in [2.05, 4.69) is 10.3 Å². The SMILES string of the molecule is C[C@@](O)(CNC(=O)c1cnc(OCC2CC2)c(-c2ccc(C(F)(F)F)cc2)c1)C1CC1. The van der Waals surface area contributed by atoms with Crippen molar-refractivity contribution in [2.45, 2.75) is 44.4 Å². The normalized spacial score (nSPS) is 18.4. The van der Waals surface area contributed by atoms with E-state index in [1.807, 2.05) is 0 Å². The zero-order valence-corrected chi connectivity index (χ0v) is 17.2. The molecule has 2 saturated carbocycles. The molecule has 4 rings (SSSR count). The molecule has 2 aliphatic carbocycles. The van der Waals surface area contributed by atoms with Crippen LogP contribution in [0.1, 0.15) is 48.5 Å². The fraction of sp³-hybridized carbons (Fsp3) is 0.478. The molecule has 2 aromatic rings. The number of pyridine rings is 1. The standard InChI is InChI=1S/C23H25F3N2O3/c1-22(30,17-8-9-17)13-28-20(29)16-10-19(21(27-11-16)31-12-14-2-3-14)15-4-6-18(7-5-15)23(24,25)26/h4-7,10-11,14,17,30H,2-3,8-9,12-13H2,1H3,(H,28,29)/t22-/m1/s1. The second kappa shape index (κ2) is 8.15. The van der Waals surface area contributed by atoms with Gasteiger partial charge in [0.15, 0.2) is 0 Å². The van der Waals surface area contributed by atoms with Crippen LogP contribution in [0.15, 0.2) is 36.5 Å². The van der Waals surface area contributed by atoms with E-state index in [1.54, 1.807) is 13.0 Å². The van der Waals surface area contributed by atoms with Gasteiger partial charge in [-0.2, -0.15) is 13.2 Å². The lowest BCUT2D eigenvalue weighted by atomic mass is 10.0. The molecule has 1 aromatic heterocycles. The summed E-state index contributed by atoms with van der Waals surface area (Å²) in [6.07, 6.45) is 0.998. The van der Waals surface area contributed by atoms with E-state index in [4.69, 9.17) is 4.74 Å². The van der Waals surface area contributed by atoms with E-state index in [0.717, 1.165) is 37.8 Å². The van der Waals surface area contributed by atoms with E-state index in [-0.39, 0.29) is 23.9 Å². The molecule has 0 radical (unpaired) electrons. The van der Waals surface area contributed by atoms with Gasteiger partial charge in [-0.3, -0.25) is 4.79 Å². The summed E-state index contributed by atoms with van der Waals surface area (Å²) in [5.41, 5.74) is -0.532. The molecule has 0 saturated heterocycles. The number of nitrogens with zero attached hydrogens (tertiary/aromatic N) is 1. The smallest absolute Gasteiger partial charge is 0.416 e. The summed E-state index contributed by atoms with van der Waals surface area (Å²) < 4.78 is 44.6. The van der Waals surface area contributed by atoms with Crippen molar-refractivity contribution in [3.8, 4) is 17.0 Å². The number of alkyl halides is 3. The van der Waals surface area contributed by atoms with Crippen molar-refractivity contribution >= 4 is 5.91 Å². The molecule has 2 aliphatic rings. The summed E-state index contributed by atoms with van der Waals surface area (Å²) in [6.45, 7) is 2.30. The van der Waals surface area contributed by atoms with E-state index in [0.29, 0.717) is 23.7 Å². The van der Waals surface area contributed by atoms with Crippen LogP contribution >= 0.6 is 0 Å². The second-order valence-electron chi connectivity index (χ2n) is 8.72. The first-order chi connectivity index (χ1) is 14.6. The Hall–Kier alpha value is -2.61. The van der Waals surface area contributed by atoms with Crippen LogP contribution in [0, 0.1) is 11.8 Å². The molecule has 0 unspecified atom stereocenters. The van der Waals surface area contributed by atoms with E-state index in [9.17, 15) is 23.1 Å². The van der Waals surface area contributed by atoms with Crippen molar-refractivity contribution in [2.24, 2.45) is 11.8 Å². The fourth-order valence-corrected chi connectivity index (χ4v) is 3.43. The largest absolute Gasteiger partial charge is 0.477 e. The number of rotatable bonds is 8. The molecule has 0 spiro atoms. The molecular formula is C23H25F3N2O3. The topological polar surface area (TPSA) is 71.5 Å². The number of benzene rings is 1. The predicted molar refractivity (Wildman–Crippen MR) is 109 cm³/mol. The Kier molecular flexibility index (Phi) is 5.68. The number of hydrogen-bond acceptors (Lipinski definition) is 4. The number of hydrogen-bond donors (Lipinski definition) is 2. The van der Waals surface area contributed by atoms with Crippen LogP contribution in [0.3, 0.4) is 0 Å². The molecule has 0 bridgehead atoms. The quantitative estimate of drug-likeness (QED) is 0.644. The zero-order chi connectivity index (χ0) is 22.2. The summed E-state index contributed by atoms with van der Waals surface area (Å²) in [4.78, 5) is 16.9. The van der Waals surface area contributed by atoms with Gasteiger partial charge in [-0.05, 0) is 68.2 Å². The summed E-state index contributed by atoms with van der Waals surface area (Å²) >= 11 is 0. The van der Waals surface area contributed by atoms with E-state index in [1.165, 1.54) is 18.3 Å². The third-order valence-electron chi connectivity index (χ3n) is 5.85. The molecule has 166 valence electrons. The fourth-order valence-electron chi connectivity index (χ4n) is 3.43. The number of amides is 1. The Bertz CT molecular complexity index is 950. The first-order valence-electron chi connectivity index (χ1n) is 10.4. The van der Waals surface area contributed by atoms with Crippen molar-refractivity contribution < 1.29 is 27.8 Å². The van der Waals surface area contributed by atoms with Crippen LogP contribution in [0.4, 0.5) is 13.2 Å². The van der Waals surface area contributed by atoms with Crippen molar-refractivity contribution in [1.29, 1.82) is 0 Å². The lowest BCUT2D eigenvalue weighted by Crippen LogP contribution is -2.42. The highest BCUT2D eigenvalue weighted by atomic mass is 19.4. The minimum atomic E-state index is -4.43. The van der Waals surface area contributed by atoms with Crippen molar-refractivity contribution in [1.82, 2.24) is 10.3 Å². The Morgan fingerprint density at radius 1 is 1.19 bits per heavy atom. The van der Waals surface area contributed by atoms with Crippen molar-refractivity contribution in [2.75, 3.05) is 13.2 Å². The van der Waals surface area contributed by atoms with Crippen LogP contribution in [0.5, 0.6) is 5.88 Å². The maximum atomic E-state index is 12.9. The number of aromatic nitrogens is 1. The van der Waals surface area contributed by atoms with Crippen LogP contribution in [0.2, 0.25) is 0 Å². The number of ether oxygens (including phenoxy) is 1. The van der Waals surface area contributed by atoms with Gasteiger partial charge < -0.3 is 15.2 Å². The molecule has 8 heteroatoms. The van der Waals surface area contributed by atoms with Gasteiger partial charge in [-0.15, -0.1) is 0 Å². The van der Waals surface area contributed by atoms with Crippen LogP contribution in [-0.2, 0) is 6.18 Å². The van der Waals surface area contributed by atoms with Gasteiger partial charge in [0.1, 0.15) is 0 Å². The van der Waals surface area contributed by atoms with Gasteiger partial charge >= 0.3 is 6.18 Å². The number of nitrogens with one attached hydrogen (secondary N) is 1. The maximum absolute atomic E-state index is 12.9. The third-order valence-corrected chi connectivity index (χ3v) is 5.85. The van der Waals surface area contributed by atoms with Gasteiger partial charge in [-0.25, -0.2) is 4.98 Å². The third kappa shape index (κ3) is 5.36. The minimum Gasteiger partial charge on any atom is -0.477 e. The highest BCUT2D eigenvalue weighted by Gasteiger charge is 2.40. The number of carbonyl (C=O) groups is 1. The van der Waals surface area contributed by atoms with Gasteiger partial charge in [0, 0.05) is 18.3 Å². The first-order valence-corrected chi connectivity index (χ1v) is 10.4. The predicted octanol–water partition coefficient (Wildman–Crippen LogP) is 4.45. The highest BCUT2D eigenvalue weighted by Crippen LogP contribution is 2.39. The maximum Gasteiger partial charge on any atom is 0.416 e. The van der Waals surface area contributed by atoms with Crippen LogP contribution in [0.25, 0.3) is 11.1 Å². The average Bonchev–Trinajstić information content (AvgIpc) is 3.63. The van der Waals surface area contributed by atoms with Crippen LogP contribution in [-0.4, -0.2) is 34.8 Å². The second-order valence-corrected chi connectivity index (χ2v) is 8.72. The highest BCUT2D eigenvalue weighted by molar-refractivity contribution is 5.95. The van der Waals surface area contributed by atoms with Gasteiger partial charge in [0.25, 0.3) is 5.91 Å². The Labute approximate surface area is 178 Å². The van der Waals surface area contributed by atoms with Crippen LogP contribution < -0.4 is 10.1 Å². The number of halogens is 3. The van der Waals surface area contributed by atoms with Crippen molar-refractivity contribution in [3.63, 3.8) is 0 Å². The lowest BCUT2D eigenvalue weighted by Gasteiger charge is -2.23. The first kappa shape index (κ1) is 21.6. The molecule has 2 fully saturated rings. The molecular weight excluding hydrogens is 409 g/mol. The van der Waals surface area contributed by atoms with Gasteiger partial charge in [0.05, 0.1) is 23.3 Å². The molecule has 1 heterocycles. The lowest BCUT2D eigenvalue weighted by molar-refractivity contribution is -0.137. The number of carbonyl (C=O) groups excluding carboxylic acids is 1.